The lowest BCUT2D eigenvalue weighted by Crippen LogP contribution is -3.00. The second-order valence-electron chi connectivity index (χ2n) is 9.79. The number of aromatic nitrogens is 2. The number of alkyl halides is 1. The van der Waals surface area contributed by atoms with E-state index in [2.05, 4.69) is 6.92 Å². The molecule has 0 amide bonds. The van der Waals surface area contributed by atoms with Crippen molar-refractivity contribution in [2.45, 2.75) is 64.8 Å². The molecular weight excluding hydrogens is 579 g/mol. The average molecular weight is 624 g/mol. The Morgan fingerprint density at radius 1 is 0.857 bits per heavy atom. The van der Waals surface area contributed by atoms with E-state index in [1.807, 2.05) is 86.0 Å². The molecular formula is C32H44Cl2N2O6. The van der Waals surface area contributed by atoms with Crippen molar-refractivity contribution in [2.75, 3.05) is 27.4 Å². The molecule has 232 valence electrons. The number of carbonyl (C=O) groups excluding carboxylic acids is 2. The van der Waals surface area contributed by atoms with Crippen molar-refractivity contribution in [1.29, 1.82) is 0 Å². The summed E-state index contributed by atoms with van der Waals surface area (Å²) < 4.78 is 24.9. The molecule has 0 aliphatic heterocycles. The van der Waals surface area contributed by atoms with Gasteiger partial charge in [-0.3, -0.25) is 4.79 Å². The van der Waals surface area contributed by atoms with Gasteiger partial charge in [-0.2, -0.15) is 0 Å². The van der Waals surface area contributed by atoms with Crippen molar-refractivity contribution < 1.29 is 45.5 Å². The fraction of sp³-hybridized carbons (Fsp3) is 0.469. The number of esters is 2. The number of nitrogens with zero attached hydrogens (tertiary/aromatic N) is 2. The number of halogens is 2. The summed E-state index contributed by atoms with van der Waals surface area (Å²) in [7, 11) is 5.15. The summed E-state index contributed by atoms with van der Waals surface area (Å²) in [5.74, 6) is 0.835. The third kappa shape index (κ3) is 10.9. The van der Waals surface area contributed by atoms with E-state index < -0.39 is 17.4 Å². The molecule has 0 aliphatic rings. The normalized spacial score (nSPS) is 11.7. The number of aryl methyl sites for hydroxylation is 3. The van der Waals surface area contributed by atoms with E-state index in [0.717, 1.165) is 53.9 Å². The van der Waals surface area contributed by atoms with Crippen LogP contribution in [0, 0.1) is 13.8 Å². The van der Waals surface area contributed by atoms with Crippen LogP contribution in [0.5, 0.6) is 11.5 Å². The van der Waals surface area contributed by atoms with Gasteiger partial charge in [0.1, 0.15) is 23.9 Å². The molecule has 42 heavy (non-hydrogen) atoms. The highest BCUT2D eigenvalue weighted by molar-refractivity contribution is 6.30. The SMILES string of the molecule is CCCCOC(=O)C(Cl)c1ccc(C)c(OC)c1.CCCCOC(=O)C(c1ccc(C)c(OC)c1)n1cc[n+](C)c1.[Cl-]. The minimum atomic E-state index is -0.781. The monoisotopic (exact) mass is 622 g/mol. The first-order valence-electron chi connectivity index (χ1n) is 14.0. The summed E-state index contributed by atoms with van der Waals surface area (Å²) in [6, 6.07) is 10.8. The molecule has 1 heterocycles. The molecule has 0 bridgehead atoms. The standard InChI is InChI=1S/C18H25N2O3.C14H19ClO3.ClH/c1-5-6-11-23-18(21)17(20-10-9-19(3)13-20)15-8-7-14(2)16(12-15)22-4;1-4-5-8-18-14(16)13(15)11-7-6-10(2)12(9-11)17-3;/h7-10,12-13,17H,5-6,11H2,1-4H3;6-7,9,13H,4-5,8H2,1-3H3;1H/q+1;;/p-1. The van der Waals surface area contributed by atoms with E-state index in [-0.39, 0.29) is 18.4 Å². The molecule has 8 nitrogen and oxygen atoms in total. The number of hydrogen-bond donors (Lipinski definition) is 0. The number of ether oxygens (including phenoxy) is 4. The maximum Gasteiger partial charge on any atom is 0.356 e. The van der Waals surface area contributed by atoms with Gasteiger partial charge in [0.05, 0.1) is 34.5 Å². The van der Waals surface area contributed by atoms with E-state index in [1.54, 1.807) is 20.3 Å². The molecule has 1 aromatic heterocycles. The first-order valence-corrected chi connectivity index (χ1v) is 14.4. The fourth-order valence-corrected chi connectivity index (χ4v) is 4.17. The van der Waals surface area contributed by atoms with Gasteiger partial charge in [-0.05, 0) is 55.5 Å². The number of benzene rings is 2. The van der Waals surface area contributed by atoms with Gasteiger partial charge in [-0.15, -0.1) is 11.6 Å². The predicted octanol–water partition coefficient (Wildman–Crippen LogP) is 3.19. The molecule has 0 saturated carbocycles. The van der Waals surface area contributed by atoms with Crippen LogP contribution in [0.25, 0.3) is 0 Å². The van der Waals surface area contributed by atoms with Crippen LogP contribution in [-0.2, 0) is 26.1 Å². The molecule has 0 radical (unpaired) electrons. The number of carbonyl (C=O) groups is 2. The Morgan fingerprint density at radius 3 is 1.83 bits per heavy atom. The first kappa shape index (κ1) is 36.8. The minimum absolute atomic E-state index is 0. The Morgan fingerprint density at radius 2 is 1.36 bits per heavy atom. The third-order valence-electron chi connectivity index (χ3n) is 6.47. The average Bonchev–Trinajstić information content (AvgIpc) is 3.39. The van der Waals surface area contributed by atoms with Crippen LogP contribution in [-0.4, -0.2) is 43.9 Å². The summed E-state index contributed by atoms with van der Waals surface area (Å²) in [4.78, 5) is 24.3. The Kier molecular flexibility index (Phi) is 16.7. The van der Waals surface area contributed by atoms with E-state index >= 15 is 0 Å². The highest BCUT2D eigenvalue weighted by Gasteiger charge is 2.29. The molecule has 0 spiro atoms. The van der Waals surface area contributed by atoms with Crippen LogP contribution in [0.15, 0.2) is 55.1 Å². The zero-order chi connectivity index (χ0) is 30.4. The Labute approximate surface area is 261 Å². The van der Waals surface area contributed by atoms with Gasteiger partial charge in [0.25, 0.3) is 0 Å². The minimum Gasteiger partial charge on any atom is -1.00 e. The molecule has 0 aliphatic carbocycles. The van der Waals surface area contributed by atoms with Gasteiger partial charge in [-0.1, -0.05) is 51.0 Å². The molecule has 3 aromatic rings. The summed E-state index contributed by atoms with van der Waals surface area (Å²) in [5, 5.41) is -0.781. The Balaban J connectivity index is 0.000000423. The van der Waals surface area contributed by atoms with Crippen LogP contribution in [0.2, 0.25) is 0 Å². The van der Waals surface area contributed by atoms with Crippen molar-refractivity contribution in [3.05, 3.63) is 77.4 Å². The Bertz CT molecular complexity index is 1260. The topological polar surface area (TPSA) is 79.9 Å². The second-order valence-corrected chi connectivity index (χ2v) is 10.2. The van der Waals surface area contributed by atoms with Crippen LogP contribution in [0.3, 0.4) is 0 Å². The van der Waals surface area contributed by atoms with Crippen molar-refractivity contribution >= 4 is 23.5 Å². The van der Waals surface area contributed by atoms with Crippen LogP contribution >= 0.6 is 11.6 Å². The Hall–Kier alpha value is -3.23. The van der Waals surface area contributed by atoms with E-state index in [1.165, 1.54) is 0 Å². The lowest BCUT2D eigenvalue weighted by molar-refractivity contribution is -0.671. The molecule has 10 heteroatoms. The zero-order valence-electron chi connectivity index (χ0n) is 25.7. The summed E-state index contributed by atoms with van der Waals surface area (Å²) >= 11 is 6.09. The van der Waals surface area contributed by atoms with Crippen molar-refractivity contribution in [2.24, 2.45) is 7.05 Å². The molecule has 0 saturated heterocycles. The number of rotatable bonds is 13. The highest BCUT2D eigenvalue weighted by Crippen LogP contribution is 2.28. The maximum atomic E-state index is 12.6. The van der Waals surface area contributed by atoms with E-state index in [4.69, 9.17) is 30.5 Å². The van der Waals surface area contributed by atoms with E-state index in [0.29, 0.717) is 18.8 Å². The number of unbranched alkanes of at least 4 members (excludes halogenated alkanes) is 2. The first-order chi connectivity index (χ1) is 19.7. The van der Waals surface area contributed by atoms with Gasteiger partial charge >= 0.3 is 11.9 Å². The lowest BCUT2D eigenvalue weighted by atomic mass is 10.0. The summed E-state index contributed by atoms with van der Waals surface area (Å²) in [5.41, 5.74) is 3.59. The molecule has 3 rings (SSSR count). The largest absolute Gasteiger partial charge is 1.00 e. The smallest absolute Gasteiger partial charge is 0.356 e. The molecule has 2 aromatic carbocycles. The van der Waals surface area contributed by atoms with Crippen molar-refractivity contribution in [1.82, 2.24) is 4.57 Å². The third-order valence-corrected chi connectivity index (χ3v) is 6.90. The number of imidazole rings is 1. The molecule has 2 unspecified atom stereocenters. The lowest BCUT2D eigenvalue weighted by Gasteiger charge is -2.15. The predicted molar refractivity (Wildman–Crippen MR) is 160 cm³/mol. The summed E-state index contributed by atoms with van der Waals surface area (Å²) in [6.45, 7) is 8.89. The van der Waals surface area contributed by atoms with Crippen LogP contribution in [0.4, 0.5) is 0 Å². The quantitative estimate of drug-likeness (QED) is 0.126. The number of methoxy groups -OCH3 is 2. The molecule has 0 fully saturated rings. The molecule has 0 N–H and O–H groups in total. The van der Waals surface area contributed by atoms with Crippen LogP contribution < -0.4 is 26.4 Å². The van der Waals surface area contributed by atoms with Gasteiger partial charge in [0.15, 0.2) is 5.38 Å². The van der Waals surface area contributed by atoms with Crippen LogP contribution in [0.1, 0.15) is 73.2 Å². The summed E-state index contributed by atoms with van der Waals surface area (Å²) in [6.07, 6.45) is 9.35. The fourth-order valence-electron chi connectivity index (χ4n) is 3.98. The van der Waals surface area contributed by atoms with Gasteiger partial charge in [0, 0.05) is 5.56 Å². The van der Waals surface area contributed by atoms with Crippen molar-refractivity contribution in [3.63, 3.8) is 0 Å². The maximum absolute atomic E-state index is 12.6. The second kappa shape index (κ2) is 19.1. The van der Waals surface area contributed by atoms with Gasteiger partial charge in [-0.25, -0.2) is 13.9 Å². The van der Waals surface area contributed by atoms with Gasteiger partial charge < -0.3 is 31.4 Å². The molecule has 2 atom stereocenters. The highest BCUT2D eigenvalue weighted by atomic mass is 35.5. The van der Waals surface area contributed by atoms with Crippen molar-refractivity contribution in [3.8, 4) is 11.5 Å². The van der Waals surface area contributed by atoms with Gasteiger partial charge in [0.2, 0.25) is 12.4 Å². The van der Waals surface area contributed by atoms with E-state index in [9.17, 15) is 9.59 Å². The zero-order valence-corrected chi connectivity index (χ0v) is 27.2. The number of hydrogen-bond acceptors (Lipinski definition) is 6.